The summed E-state index contributed by atoms with van der Waals surface area (Å²) in [5, 5.41) is 3.21. The number of allylic oxidation sites excluding steroid dienone is 5. The third-order valence-electron chi connectivity index (χ3n) is 6.12. The van der Waals surface area contributed by atoms with Gasteiger partial charge in [0.15, 0.2) is 0 Å². The molecule has 0 saturated heterocycles. The van der Waals surface area contributed by atoms with Gasteiger partial charge < -0.3 is 0 Å². The number of hydrogen-bond donors (Lipinski definition) is 0. The molecule has 3 rings (SSSR count). The zero-order chi connectivity index (χ0) is 20.7. The first-order valence-corrected chi connectivity index (χ1v) is 14.4. The van der Waals surface area contributed by atoms with E-state index in [0.29, 0.717) is 0 Å². The molecule has 0 aliphatic carbocycles. The summed E-state index contributed by atoms with van der Waals surface area (Å²) in [4.78, 5) is 0. The van der Waals surface area contributed by atoms with Gasteiger partial charge in [-0.1, -0.05) is 119 Å². The Morgan fingerprint density at radius 3 is 2.03 bits per heavy atom. The first kappa shape index (κ1) is 21.6. The van der Waals surface area contributed by atoms with Crippen LogP contribution in [0.4, 0.5) is 0 Å². The van der Waals surface area contributed by atoms with Gasteiger partial charge in [0.1, 0.15) is 8.07 Å². The molecule has 1 heterocycles. The van der Waals surface area contributed by atoms with Crippen molar-refractivity contribution in [1.82, 2.24) is 0 Å². The summed E-state index contributed by atoms with van der Waals surface area (Å²) in [7, 11) is -1.65. The summed E-state index contributed by atoms with van der Waals surface area (Å²) in [6.07, 6.45) is 12.5. The van der Waals surface area contributed by atoms with Crippen molar-refractivity contribution < 1.29 is 0 Å². The molecule has 1 aliphatic rings. The SMILES string of the molecule is CCCC/C=C(CCCC)/C(=C1\C=C(c2ccccc2)[Si]1(C)C)c1ccccc1. The van der Waals surface area contributed by atoms with Crippen LogP contribution < -0.4 is 0 Å². The summed E-state index contributed by atoms with van der Waals surface area (Å²) in [5.74, 6) is 0. The van der Waals surface area contributed by atoms with Crippen LogP contribution >= 0.6 is 0 Å². The second kappa shape index (κ2) is 10.1. The average Bonchev–Trinajstić information content (AvgIpc) is 2.75. The van der Waals surface area contributed by atoms with Gasteiger partial charge in [-0.15, -0.1) is 0 Å². The van der Waals surface area contributed by atoms with Gasteiger partial charge in [0.05, 0.1) is 0 Å². The lowest BCUT2D eigenvalue weighted by atomic mass is 9.91. The molecule has 152 valence electrons. The van der Waals surface area contributed by atoms with Crippen molar-refractivity contribution in [3.63, 3.8) is 0 Å². The van der Waals surface area contributed by atoms with Crippen molar-refractivity contribution >= 4 is 18.8 Å². The first-order chi connectivity index (χ1) is 14.1. The van der Waals surface area contributed by atoms with Crippen molar-refractivity contribution in [1.29, 1.82) is 0 Å². The third kappa shape index (κ3) is 4.90. The standard InChI is InChI=1S/C28H36Si/c1-5-7-11-19-24(16-8-6-2)28(25-20-14-10-15-21-25)27-22-26(29(27,3)4)23-17-12-9-13-18-23/h9-10,12-15,17-22H,5-8,11,16H2,1-4H3/b24-19+,28-27-. The van der Waals surface area contributed by atoms with Crippen LogP contribution in [0, 0.1) is 0 Å². The number of unbranched alkanes of at least 4 members (excludes halogenated alkanes) is 3. The van der Waals surface area contributed by atoms with Crippen molar-refractivity contribution in [2.24, 2.45) is 0 Å². The van der Waals surface area contributed by atoms with Crippen LogP contribution in [0.25, 0.3) is 10.8 Å². The quantitative estimate of drug-likeness (QED) is 0.292. The Bertz CT molecular complexity index is 882. The second-order valence-corrected chi connectivity index (χ2v) is 13.0. The van der Waals surface area contributed by atoms with Crippen LogP contribution in [0.3, 0.4) is 0 Å². The fourth-order valence-electron chi connectivity index (χ4n) is 4.31. The summed E-state index contributed by atoms with van der Waals surface area (Å²) in [5.41, 5.74) is 5.91. The average molecular weight is 401 g/mol. The molecule has 0 amide bonds. The molecule has 0 aromatic heterocycles. The minimum Gasteiger partial charge on any atom is -0.0807 e. The molecular weight excluding hydrogens is 364 g/mol. The van der Waals surface area contributed by atoms with Crippen molar-refractivity contribution in [3.8, 4) is 0 Å². The van der Waals surface area contributed by atoms with Gasteiger partial charge >= 0.3 is 0 Å². The highest BCUT2D eigenvalue weighted by Gasteiger charge is 2.40. The van der Waals surface area contributed by atoms with E-state index >= 15 is 0 Å². The Kier molecular flexibility index (Phi) is 7.49. The Morgan fingerprint density at radius 2 is 1.45 bits per heavy atom. The van der Waals surface area contributed by atoms with Crippen LogP contribution in [0.2, 0.25) is 13.1 Å². The van der Waals surface area contributed by atoms with E-state index in [1.807, 2.05) is 0 Å². The molecule has 0 atom stereocenters. The minimum absolute atomic E-state index is 1.19. The summed E-state index contributed by atoms with van der Waals surface area (Å²) < 4.78 is 0. The van der Waals surface area contributed by atoms with Gasteiger partial charge in [0.2, 0.25) is 0 Å². The van der Waals surface area contributed by atoms with Gasteiger partial charge in [0, 0.05) is 0 Å². The van der Waals surface area contributed by atoms with Gasteiger partial charge in [-0.25, -0.2) is 0 Å². The molecule has 29 heavy (non-hydrogen) atoms. The normalized spacial score (nSPS) is 17.5. The maximum atomic E-state index is 2.55. The lowest BCUT2D eigenvalue weighted by Crippen LogP contribution is -2.39. The Labute approximate surface area is 179 Å². The van der Waals surface area contributed by atoms with Crippen LogP contribution in [0.15, 0.2) is 83.6 Å². The van der Waals surface area contributed by atoms with E-state index in [9.17, 15) is 0 Å². The van der Waals surface area contributed by atoms with Crippen LogP contribution in [0.1, 0.15) is 63.5 Å². The predicted molar refractivity (Wildman–Crippen MR) is 132 cm³/mol. The van der Waals surface area contributed by atoms with Gasteiger partial charge in [-0.3, -0.25) is 0 Å². The maximum Gasteiger partial charge on any atom is 0.113 e. The maximum absolute atomic E-state index is 2.55. The van der Waals surface area contributed by atoms with E-state index in [2.05, 4.69) is 99.8 Å². The van der Waals surface area contributed by atoms with Crippen molar-refractivity contribution in [2.75, 3.05) is 0 Å². The number of benzene rings is 2. The van der Waals surface area contributed by atoms with Crippen LogP contribution in [-0.4, -0.2) is 8.07 Å². The molecule has 2 aromatic carbocycles. The van der Waals surface area contributed by atoms with Crippen molar-refractivity contribution in [3.05, 3.63) is 94.7 Å². The molecule has 0 saturated carbocycles. The predicted octanol–water partition coefficient (Wildman–Crippen LogP) is 8.63. The van der Waals surface area contributed by atoms with E-state index in [1.54, 1.807) is 16.0 Å². The van der Waals surface area contributed by atoms with E-state index in [0.717, 1.165) is 0 Å². The summed E-state index contributed by atoms with van der Waals surface area (Å²) in [6.45, 7) is 9.63. The third-order valence-corrected chi connectivity index (χ3v) is 9.64. The fraction of sp³-hybridized carbons (Fsp3) is 0.357. The summed E-state index contributed by atoms with van der Waals surface area (Å²) >= 11 is 0. The second-order valence-electron chi connectivity index (χ2n) is 8.68. The van der Waals surface area contributed by atoms with Gasteiger partial charge in [0.25, 0.3) is 0 Å². The van der Waals surface area contributed by atoms with E-state index < -0.39 is 8.07 Å². The monoisotopic (exact) mass is 400 g/mol. The Hall–Kier alpha value is -2.12. The highest BCUT2D eigenvalue weighted by Crippen LogP contribution is 2.47. The molecule has 1 aliphatic heterocycles. The van der Waals surface area contributed by atoms with E-state index in [-0.39, 0.29) is 0 Å². The lowest BCUT2D eigenvalue weighted by molar-refractivity contribution is 0.780. The van der Waals surface area contributed by atoms with Crippen LogP contribution in [0.5, 0.6) is 0 Å². The van der Waals surface area contributed by atoms with E-state index in [1.165, 1.54) is 55.2 Å². The van der Waals surface area contributed by atoms with Gasteiger partial charge in [-0.2, -0.15) is 0 Å². The summed E-state index contributed by atoms with van der Waals surface area (Å²) in [6, 6.07) is 22.1. The number of rotatable bonds is 9. The number of hydrogen-bond acceptors (Lipinski definition) is 0. The highest BCUT2D eigenvalue weighted by molar-refractivity contribution is 7.05. The topological polar surface area (TPSA) is 0 Å². The molecular formula is C28H36Si. The minimum atomic E-state index is -1.65. The highest BCUT2D eigenvalue weighted by atomic mass is 28.3. The molecule has 0 nitrogen and oxygen atoms in total. The molecule has 0 fully saturated rings. The smallest absolute Gasteiger partial charge is 0.0807 e. The Morgan fingerprint density at radius 1 is 0.828 bits per heavy atom. The lowest BCUT2D eigenvalue weighted by Gasteiger charge is -2.40. The molecule has 0 N–H and O–H groups in total. The largest absolute Gasteiger partial charge is 0.113 e. The zero-order valence-electron chi connectivity index (χ0n) is 18.7. The molecule has 2 aromatic rings. The zero-order valence-corrected chi connectivity index (χ0v) is 19.7. The van der Waals surface area contributed by atoms with Crippen molar-refractivity contribution in [2.45, 2.75) is 65.5 Å². The Balaban J connectivity index is 2.13. The molecule has 0 bridgehead atoms. The van der Waals surface area contributed by atoms with Gasteiger partial charge in [-0.05, 0) is 51.9 Å². The molecule has 0 radical (unpaired) electrons. The first-order valence-electron chi connectivity index (χ1n) is 11.4. The fourth-order valence-corrected chi connectivity index (χ4v) is 7.21. The molecule has 1 heteroatoms. The van der Waals surface area contributed by atoms with E-state index in [4.69, 9.17) is 0 Å². The van der Waals surface area contributed by atoms with Crippen LogP contribution in [-0.2, 0) is 0 Å². The molecule has 0 unspecified atom stereocenters. The molecule has 0 spiro atoms.